The molecule has 1 aromatic carbocycles. The summed E-state index contributed by atoms with van der Waals surface area (Å²) in [6, 6.07) is 9.93. The molecule has 170 valence electrons. The molecule has 1 atom stereocenters. The van der Waals surface area contributed by atoms with Crippen LogP contribution in [0.3, 0.4) is 0 Å². The lowest BCUT2D eigenvalue weighted by molar-refractivity contribution is 0.226. The summed E-state index contributed by atoms with van der Waals surface area (Å²) in [5, 5.41) is 11.3. The second kappa shape index (κ2) is 9.61. The molecule has 0 aliphatic rings. The normalized spacial score (nSPS) is 11.9. The van der Waals surface area contributed by atoms with Gasteiger partial charge in [-0.05, 0) is 50.4 Å². The van der Waals surface area contributed by atoms with Gasteiger partial charge in [0, 0.05) is 29.4 Å². The Morgan fingerprint density at radius 3 is 2.67 bits per heavy atom. The average molecular weight is 449 g/mol. The van der Waals surface area contributed by atoms with E-state index in [0.717, 1.165) is 16.8 Å². The van der Waals surface area contributed by atoms with E-state index in [1.54, 1.807) is 44.8 Å². The predicted octanol–water partition coefficient (Wildman–Crippen LogP) is 3.31. The zero-order chi connectivity index (χ0) is 23.4. The number of hydrogen-bond acceptors (Lipinski definition) is 8. The van der Waals surface area contributed by atoms with Crippen molar-refractivity contribution in [2.24, 2.45) is 0 Å². The van der Waals surface area contributed by atoms with Crippen molar-refractivity contribution in [3.8, 4) is 28.4 Å². The molecule has 33 heavy (non-hydrogen) atoms. The van der Waals surface area contributed by atoms with E-state index in [1.807, 2.05) is 19.2 Å². The van der Waals surface area contributed by atoms with Crippen LogP contribution in [-0.4, -0.2) is 39.1 Å². The quantitative estimate of drug-likeness (QED) is 0.421. The van der Waals surface area contributed by atoms with E-state index in [1.165, 1.54) is 16.9 Å². The number of nitrogens with one attached hydrogen (secondary N) is 1. The number of pyridine rings is 2. The Hall–Kier alpha value is -4.05. The van der Waals surface area contributed by atoms with Crippen LogP contribution in [0.4, 0.5) is 10.2 Å². The van der Waals surface area contributed by atoms with Crippen LogP contribution >= 0.6 is 0 Å². The van der Waals surface area contributed by atoms with E-state index in [-0.39, 0.29) is 5.82 Å². The maximum absolute atomic E-state index is 14.1. The number of halogens is 1. The molecule has 0 aliphatic carbocycles. The highest BCUT2D eigenvalue weighted by molar-refractivity contribution is 5.71. The van der Waals surface area contributed by atoms with Gasteiger partial charge in [0.2, 0.25) is 5.88 Å². The molecule has 0 saturated carbocycles. The van der Waals surface area contributed by atoms with E-state index in [2.05, 4.69) is 25.5 Å². The largest absolute Gasteiger partial charge is 0.482 e. The fraction of sp³-hybridized carbons (Fsp3) is 0.217. The summed E-state index contributed by atoms with van der Waals surface area (Å²) in [6.45, 7) is 2.41. The van der Waals surface area contributed by atoms with Crippen LogP contribution in [0.2, 0.25) is 0 Å². The van der Waals surface area contributed by atoms with Gasteiger partial charge in [-0.1, -0.05) is 0 Å². The Morgan fingerprint density at radius 2 is 1.94 bits per heavy atom. The lowest BCUT2D eigenvalue weighted by Crippen LogP contribution is -2.11. The van der Waals surface area contributed by atoms with Gasteiger partial charge in [0.1, 0.15) is 11.9 Å². The number of nitrogens with two attached hydrogens (primary N) is 1. The molecule has 0 fully saturated rings. The van der Waals surface area contributed by atoms with Gasteiger partial charge in [0.15, 0.2) is 11.6 Å². The minimum atomic E-state index is -0.570. The Bertz CT molecular complexity index is 1250. The smallest absolute Gasteiger partial charge is 0.221 e. The summed E-state index contributed by atoms with van der Waals surface area (Å²) in [7, 11) is 3.41. The van der Waals surface area contributed by atoms with Crippen molar-refractivity contribution in [2.45, 2.75) is 19.6 Å². The maximum atomic E-state index is 14.1. The van der Waals surface area contributed by atoms with Crippen LogP contribution < -0.4 is 20.5 Å². The average Bonchev–Trinajstić information content (AvgIpc) is 3.35. The number of aromatic nitrogens is 5. The van der Waals surface area contributed by atoms with Crippen LogP contribution in [-0.2, 0) is 6.54 Å². The van der Waals surface area contributed by atoms with Crippen LogP contribution in [0, 0.1) is 5.82 Å². The third-order valence-corrected chi connectivity index (χ3v) is 5.03. The second-order valence-corrected chi connectivity index (χ2v) is 7.28. The topological polar surface area (TPSA) is 113 Å². The van der Waals surface area contributed by atoms with Gasteiger partial charge in [-0.2, -0.15) is 15.0 Å². The van der Waals surface area contributed by atoms with Crippen molar-refractivity contribution >= 4 is 5.82 Å². The minimum absolute atomic E-state index is 0.208. The van der Waals surface area contributed by atoms with Crippen molar-refractivity contribution < 1.29 is 13.9 Å². The number of hydrogen-bond donors (Lipinski definition) is 2. The third-order valence-electron chi connectivity index (χ3n) is 5.03. The van der Waals surface area contributed by atoms with E-state index in [0.29, 0.717) is 29.4 Å². The lowest BCUT2D eigenvalue weighted by Gasteiger charge is -2.19. The monoisotopic (exact) mass is 449 g/mol. The molecule has 0 unspecified atom stereocenters. The van der Waals surface area contributed by atoms with Crippen LogP contribution in [0.1, 0.15) is 24.3 Å². The van der Waals surface area contributed by atoms with Crippen LogP contribution in [0.5, 0.6) is 11.6 Å². The molecule has 0 spiro atoms. The highest BCUT2D eigenvalue weighted by Gasteiger charge is 2.19. The van der Waals surface area contributed by atoms with Gasteiger partial charge in [-0.25, -0.2) is 14.4 Å². The molecule has 0 saturated heterocycles. The molecule has 3 N–H and O–H groups in total. The molecule has 3 aromatic heterocycles. The van der Waals surface area contributed by atoms with E-state index >= 15 is 0 Å². The number of rotatable bonds is 8. The number of methoxy groups -OCH3 is 1. The number of nitrogens with zero attached hydrogens (tertiary/aromatic N) is 5. The molecule has 9 nitrogen and oxygen atoms in total. The van der Waals surface area contributed by atoms with Gasteiger partial charge in [-0.3, -0.25) is 0 Å². The maximum Gasteiger partial charge on any atom is 0.221 e. The van der Waals surface area contributed by atoms with Gasteiger partial charge in [-0.15, -0.1) is 0 Å². The summed E-state index contributed by atoms with van der Waals surface area (Å²) in [6.07, 6.45) is 4.16. The van der Waals surface area contributed by atoms with Gasteiger partial charge in [0.05, 0.1) is 30.9 Å². The van der Waals surface area contributed by atoms with Crippen molar-refractivity contribution in [1.82, 2.24) is 30.3 Å². The van der Waals surface area contributed by atoms with Crippen molar-refractivity contribution in [3.63, 3.8) is 0 Å². The van der Waals surface area contributed by atoms with E-state index < -0.39 is 11.9 Å². The number of nitrogen functional groups attached to an aromatic ring is 1. The van der Waals surface area contributed by atoms with Gasteiger partial charge >= 0.3 is 0 Å². The molecular weight excluding hydrogens is 425 g/mol. The standard InChI is InChI=1S/C23H24FN7O2/c1-14(19-11-16(24)4-7-20(19)31-28-8-9-29-31)33-21-10-15(12-27-22(21)25)18-6-5-17(13-26-2)30-23(18)32-3/h4-12,14,26H,13H2,1-3H3,(H2,25,27)/t14-/m1/s1. The Balaban J connectivity index is 1.67. The minimum Gasteiger partial charge on any atom is -0.482 e. The molecule has 3 heterocycles. The summed E-state index contributed by atoms with van der Waals surface area (Å²) >= 11 is 0. The molecule has 0 radical (unpaired) electrons. The molecule has 0 aliphatic heterocycles. The first-order valence-corrected chi connectivity index (χ1v) is 10.3. The first kappa shape index (κ1) is 22.2. The summed E-state index contributed by atoms with van der Waals surface area (Å²) < 4.78 is 25.7. The zero-order valence-electron chi connectivity index (χ0n) is 18.5. The molecule has 4 rings (SSSR count). The lowest BCUT2D eigenvalue weighted by atomic mass is 10.1. The number of ether oxygens (including phenoxy) is 2. The summed E-state index contributed by atoms with van der Waals surface area (Å²) in [5.74, 6) is 0.628. The Kier molecular flexibility index (Phi) is 6.45. The number of anilines is 1. The molecular formula is C23H24FN7O2. The van der Waals surface area contributed by atoms with Crippen molar-refractivity contribution in [1.29, 1.82) is 0 Å². The highest BCUT2D eigenvalue weighted by atomic mass is 19.1. The van der Waals surface area contributed by atoms with Gasteiger partial charge < -0.3 is 20.5 Å². The Labute approximate surface area is 190 Å². The first-order chi connectivity index (χ1) is 16.0. The molecule has 0 bridgehead atoms. The van der Waals surface area contributed by atoms with Gasteiger partial charge in [0.25, 0.3) is 0 Å². The summed E-state index contributed by atoms with van der Waals surface area (Å²) in [5.41, 5.74) is 9.57. The molecule has 0 amide bonds. The Morgan fingerprint density at radius 1 is 1.15 bits per heavy atom. The number of benzene rings is 1. The van der Waals surface area contributed by atoms with E-state index in [9.17, 15) is 4.39 Å². The highest BCUT2D eigenvalue weighted by Crippen LogP contribution is 2.35. The molecule has 10 heteroatoms. The van der Waals surface area contributed by atoms with Crippen molar-refractivity contribution in [2.75, 3.05) is 19.9 Å². The predicted molar refractivity (Wildman–Crippen MR) is 122 cm³/mol. The zero-order valence-corrected chi connectivity index (χ0v) is 18.5. The SMILES string of the molecule is CNCc1ccc(-c2cnc(N)c(O[C@H](C)c3cc(F)ccc3-n3nccn3)c2)c(OC)n1. The second-order valence-electron chi connectivity index (χ2n) is 7.28. The summed E-state index contributed by atoms with van der Waals surface area (Å²) in [4.78, 5) is 10.2. The third kappa shape index (κ3) is 4.75. The first-order valence-electron chi connectivity index (χ1n) is 10.3. The van der Waals surface area contributed by atoms with Crippen LogP contribution in [0.25, 0.3) is 16.8 Å². The fourth-order valence-electron chi connectivity index (χ4n) is 3.46. The van der Waals surface area contributed by atoms with Crippen molar-refractivity contribution in [3.05, 3.63) is 72.1 Å². The molecule has 4 aromatic rings. The fourth-order valence-corrected chi connectivity index (χ4v) is 3.46. The van der Waals surface area contributed by atoms with E-state index in [4.69, 9.17) is 15.2 Å². The van der Waals surface area contributed by atoms with Crippen LogP contribution in [0.15, 0.2) is 55.0 Å².